The molecule has 0 bridgehead atoms. The van der Waals surface area contributed by atoms with Gasteiger partial charge in [0.2, 0.25) is 6.10 Å². The first kappa shape index (κ1) is 11.0. The van der Waals surface area contributed by atoms with Gasteiger partial charge in [0.1, 0.15) is 0 Å². The molecule has 2 amide bonds. The van der Waals surface area contributed by atoms with Crippen LogP contribution in [0.4, 0.5) is 4.79 Å². The molecule has 2 aromatic carbocycles. The van der Waals surface area contributed by atoms with E-state index < -0.39 is 18.1 Å². The summed E-state index contributed by atoms with van der Waals surface area (Å²) >= 11 is 6.12. The van der Waals surface area contributed by atoms with Crippen molar-refractivity contribution in [1.82, 2.24) is 5.32 Å². The maximum absolute atomic E-state index is 11.7. The molecule has 1 heterocycles. The Hall–Kier alpha value is -2.07. The first-order chi connectivity index (χ1) is 8.66. The second-order valence-corrected chi connectivity index (χ2v) is 4.36. The molecule has 0 aliphatic carbocycles. The van der Waals surface area contributed by atoms with Crippen molar-refractivity contribution < 1.29 is 14.3 Å². The van der Waals surface area contributed by atoms with Gasteiger partial charge < -0.3 is 4.74 Å². The lowest BCUT2D eigenvalue weighted by Gasteiger charge is -2.12. The molecule has 0 spiro atoms. The fraction of sp³-hybridized carbons (Fsp3) is 0.0769. The third-order valence-corrected chi connectivity index (χ3v) is 3.20. The molecular formula is C13H8ClNO3. The monoisotopic (exact) mass is 261 g/mol. The van der Waals surface area contributed by atoms with Gasteiger partial charge in [-0.3, -0.25) is 10.1 Å². The van der Waals surface area contributed by atoms with Crippen LogP contribution in [-0.4, -0.2) is 12.0 Å². The number of halogens is 1. The molecule has 1 aliphatic heterocycles. The van der Waals surface area contributed by atoms with Crippen molar-refractivity contribution in [3.05, 3.63) is 47.0 Å². The van der Waals surface area contributed by atoms with Gasteiger partial charge in [0.15, 0.2) is 0 Å². The molecule has 1 unspecified atom stereocenters. The highest BCUT2D eigenvalue weighted by Crippen LogP contribution is 2.34. The van der Waals surface area contributed by atoms with Crippen LogP contribution in [0.5, 0.6) is 0 Å². The van der Waals surface area contributed by atoms with Gasteiger partial charge in [0.05, 0.1) is 0 Å². The molecule has 1 aliphatic rings. The maximum atomic E-state index is 11.7. The summed E-state index contributed by atoms with van der Waals surface area (Å²) in [4.78, 5) is 22.8. The quantitative estimate of drug-likeness (QED) is 0.859. The number of carbonyl (C=O) groups excluding carboxylic acids is 2. The third kappa shape index (κ3) is 1.62. The van der Waals surface area contributed by atoms with Gasteiger partial charge in [-0.05, 0) is 16.8 Å². The Labute approximate surface area is 107 Å². The number of ether oxygens (including phenoxy) is 1. The molecule has 0 saturated carbocycles. The number of imide groups is 1. The summed E-state index contributed by atoms with van der Waals surface area (Å²) in [5.41, 5.74) is 0.526. The number of alkyl carbamates (subject to hydrolysis) is 1. The van der Waals surface area contributed by atoms with Crippen LogP contribution in [0.3, 0.4) is 0 Å². The van der Waals surface area contributed by atoms with E-state index in [4.69, 9.17) is 16.3 Å². The number of fused-ring (bicyclic) bond motifs is 1. The van der Waals surface area contributed by atoms with Gasteiger partial charge in [-0.15, -0.1) is 0 Å². The molecule has 0 radical (unpaired) electrons. The summed E-state index contributed by atoms with van der Waals surface area (Å²) in [6, 6.07) is 11.0. The minimum atomic E-state index is -0.976. The summed E-state index contributed by atoms with van der Waals surface area (Å²) in [7, 11) is 0. The molecule has 1 saturated heterocycles. The summed E-state index contributed by atoms with van der Waals surface area (Å²) in [6.45, 7) is 0. The number of amides is 2. The van der Waals surface area contributed by atoms with E-state index in [2.05, 4.69) is 5.32 Å². The number of benzene rings is 2. The van der Waals surface area contributed by atoms with E-state index in [0.29, 0.717) is 10.6 Å². The predicted molar refractivity (Wildman–Crippen MR) is 66.3 cm³/mol. The molecular weight excluding hydrogens is 254 g/mol. The Morgan fingerprint density at radius 2 is 1.89 bits per heavy atom. The van der Waals surface area contributed by atoms with Gasteiger partial charge in [-0.2, -0.15) is 0 Å². The van der Waals surface area contributed by atoms with Crippen LogP contribution in [0.15, 0.2) is 36.4 Å². The Kier molecular flexibility index (Phi) is 2.45. The van der Waals surface area contributed by atoms with Crippen molar-refractivity contribution >= 4 is 34.4 Å². The van der Waals surface area contributed by atoms with Gasteiger partial charge in [-0.1, -0.05) is 41.9 Å². The van der Waals surface area contributed by atoms with E-state index in [0.717, 1.165) is 10.8 Å². The highest BCUT2D eigenvalue weighted by atomic mass is 35.5. The van der Waals surface area contributed by atoms with Crippen LogP contribution in [0, 0.1) is 0 Å². The van der Waals surface area contributed by atoms with E-state index in [1.54, 1.807) is 6.07 Å². The van der Waals surface area contributed by atoms with Crippen LogP contribution in [0.2, 0.25) is 5.02 Å². The van der Waals surface area contributed by atoms with Gasteiger partial charge in [0, 0.05) is 10.6 Å². The lowest BCUT2D eigenvalue weighted by molar-refractivity contribution is -0.123. The molecule has 3 rings (SSSR count). The van der Waals surface area contributed by atoms with Crippen molar-refractivity contribution in [3.63, 3.8) is 0 Å². The minimum absolute atomic E-state index is 0.406. The SMILES string of the molecule is O=C1NC(=O)C(c2c(Cl)ccc3ccccc23)O1. The third-order valence-electron chi connectivity index (χ3n) is 2.87. The number of hydrogen-bond acceptors (Lipinski definition) is 3. The van der Waals surface area contributed by atoms with Crippen LogP contribution in [0.25, 0.3) is 10.8 Å². The zero-order chi connectivity index (χ0) is 12.7. The molecule has 1 fully saturated rings. The van der Waals surface area contributed by atoms with Crippen molar-refractivity contribution in [2.75, 3.05) is 0 Å². The smallest absolute Gasteiger partial charge is 0.415 e. The summed E-state index contributed by atoms with van der Waals surface area (Å²) < 4.78 is 4.96. The molecule has 90 valence electrons. The molecule has 5 heteroatoms. The van der Waals surface area contributed by atoms with Crippen LogP contribution < -0.4 is 5.32 Å². The summed E-state index contributed by atoms with van der Waals surface area (Å²) in [6.07, 6.45) is -1.72. The Bertz CT molecular complexity index is 668. The number of hydrogen-bond donors (Lipinski definition) is 1. The first-order valence-corrected chi connectivity index (χ1v) is 5.73. The van der Waals surface area contributed by atoms with E-state index in [1.807, 2.05) is 30.3 Å². The fourth-order valence-corrected chi connectivity index (χ4v) is 2.35. The van der Waals surface area contributed by atoms with Gasteiger partial charge >= 0.3 is 6.09 Å². The van der Waals surface area contributed by atoms with E-state index in [9.17, 15) is 9.59 Å². The number of rotatable bonds is 1. The zero-order valence-corrected chi connectivity index (χ0v) is 9.90. The zero-order valence-electron chi connectivity index (χ0n) is 9.14. The molecule has 18 heavy (non-hydrogen) atoms. The highest BCUT2D eigenvalue weighted by molar-refractivity contribution is 6.33. The van der Waals surface area contributed by atoms with Crippen molar-refractivity contribution in [2.24, 2.45) is 0 Å². The highest BCUT2D eigenvalue weighted by Gasteiger charge is 2.36. The van der Waals surface area contributed by atoms with Crippen LogP contribution in [-0.2, 0) is 9.53 Å². The number of carbonyl (C=O) groups is 2. The molecule has 4 nitrogen and oxygen atoms in total. The van der Waals surface area contributed by atoms with Gasteiger partial charge in [0.25, 0.3) is 5.91 Å². The Morgan fingerprint density at radius 1 is 1.11 bits per heavy atom. The second kappa shape index (κ2) is 3.99. The standard InChI is InChI=1S/C13H8ClNO3/c14-9-6-5-7-3-1-2-4-8(7)10(9)11-12(16)15-13(17)18-11/h1-6,11H,(H,15,16,17). The van der Waals surface area contributed by atoms with Crippen LogP contribution >= 0.6 is 11.6 Å². The normalized spacial score (nSPS) is 18.8. The molecule has 1 atom stereocenters. The number of cyclic esters (lactones) is 1. The van der Waals surface area contributed by atoms with Gasteiger partial charge in [-0.25, -0.2) is 4.79 Å². The second-order valence-electron chi connectivity index (χ2n) is 3.96. The van der Waals surface area contributed by atoms with E-state index >= 15 is 0 Å². The Balaban J connectivity index is 2.25. The first-order valence-electron chi connectivity index (χ1n) is 5.35. The van der Waals surface area contributed by atoms with Crippen molar-refractivity contribution in [2.45, 2.75) is 6.10 Å². The fourth-order valence-electron chi connectivity index (χ4n) is 2.08. The average molecular weight is 262 g/mol. The predicted octanol–water partition coefficient (Wildman–Crippen LogP) is 2.80. The lowest BCUT2D eigenvalue weighted by atomic mass is 10.00. The summed E-state index contributed by atoms with van der Waals surface area (Å²) in [5, 5.41) is 4.25. The average Bonchev–Trinajstić information content (AvgIpc) is 2.68. The lowest BCUT2D eigenvalue weighted by Crippen LogP contribution is -2.20. The summed E-state index contributed by atoms with van der Waals surface area (Å²) in [5.74, 6) is -0.488. The largest absolute Gasteiger partial charge is 0.431 e. The maximum Gasteiger partial charge on any atom is 0.415 e. The van der Waals surface area contributed by atoms with E-state index in [-0.39, 0.29) is 0 Å². The van der Waals surface area contributed by atoms with Crippen LogP contribution in [0.1, 0.15) is 11.7 Å². The van der Waals surface area contributed by atoms with E-state index in [1.165, 1.54) is 0 Å². The molecule has 0 aromatic heterocycles. The van der Waals surface area contributed by atoms with Crippen molar-refractivity contribution in [3.8, 4) is 0 Å². The van der Waals surface area contributed by atoms with Crippen molar-refractivity contribution in [1.29, 1.82) is 0 Å². The molecule has 1 N–H and O–H groups in total. The molecule has 2 aromatic rings. The number of nitrogens with one attached hydrogen (secondary N) is 1. The minimum Gasteiger partial charge on any atom is -0.431 e. The topological polar surface area (TPSA) is 55.4 Å². The Morgan fingerprint density at radius 3 is 2.61 bits per heavy atom.